The number of nitrogens with one attached hydrogen (secondary N) is 1. The Morgan fingerprint density at radius 2 is 1.51 bits per heavy atom. The Morgan fingerprint density at radius 1 is 0.894 bits per heavy atom. The number of piperidine rings is 2. The Balaban J connectivity index is 1.10. The van der Waals surface area contributed by atoms with Gasteiger partial charge in [-0.2, -0.15) is 0 Å². The van der Waals surface area contributed by atoms with Crippen LogP contribution in [0.25, 0.3) is 0 Å². The highest BCUT2D eigenvalue weighted by atomic mass is 79.9. The van der Waals surface area contributed by atoms with Gasteiger partial charge in [0.05, 0.1) is 22.0 Å². The lowest BCUT2D eigenvalue weighted by atomic mass is 9.92. The van der Waals surface area contributed by atoms with Crippen molar-refractivity contribution >= 4 is 55.4 Å². The number of amides is 4. The maximum absolute atomic E-state index is 14.2. The van der Waals surface area contributed by atoms with Gasteiger partial charge in [-0.1, -0.05) is 18.2 Å². The molecule has 0 spiro atoms. The highest BCUT2D eigenvalue weighted by Crippen LogP contribution is 2.36. The molecular formula is C35H46Br2N6O4. The lowest BCUT2D eigenvalue weighted by Crippen LogP contribution is -2.54. The van der Waals surface area contributed by atoms with Crippen LogP contribution in [-0.4, -0.2) is 121 Å². The van der Waals surface area contributed by atoms with Gasteiger partial charge in [0.2, 0.25) is 11.8 Å². The second kappa shape index (κ2) is 15.3. The molecule has 0 aromatic heterocycles. The van der Waals surface area contributed by atoms with Gasteiger partial charge >= 0.3 is 6.03 Å². The van der Waals surface area contributed by atoms with Crippen molar-refractivity contribution in [2.24, 2.45) is 5.92 Å². The largest absolute Gasteiger partial charge is 0.494 e. The Hall–Kier alpha value is -2.67. The van der Waals surface area contributed by atoms with Gasteiger partial charge in [0.25, 0.3) is 0 Å². The summed E-state index contributed by atoms with van der Waals surface area (Å²) in [6.07, 6.45) is 4.01. The monoisotopic (exact) mass is 772 g/mol. The van der Waals surface area contributed by atoms with E-state index in [2.05, 4.69) is 54.0 Å². The molecule has 4 aliphatic heterocycles. The molecule has 4 heterocycles. The number of hydrogen-bond acceptors (Lipinski definition) is 6. The van der Waals surface area contributed by atoms with Crippen LogP contribution >= 0.6 is 31.9 Å². The van der Waals surface area contributed by atoms with Crippen LogP contribution in [0.5, 0.6) is 5.75 Å². The zero-order chi connectivity index (χ0) is 33.1. The number of likely N-dealkylation sites (N-methyl/N-ethyl adjacent to an activating group) is 1. The number of nitrogens with zero attached hydrogens (tertiary/aromatic N) is 5. The number of carbonyl (C=O) groups is 3. The van der Waals surface area contributed by atoms with Gasteiger partial charge in [0.1, 0.15) is 5.75 Å². The Kier molecular flexibility index (Phi) is 11.1. The van der Waals surface area contributed by atoms with Gasteiger partial charge in [-0.25, -0.2) is 4.79 Å². The van der Waals surface area contributed by atoms with Gasteiger partial charge < -0.3 is 29.7 Å². The van der Waals surface area contributed by atoms with E-state index in [9.17, 15) is 14.4 Å². The summed E-state index contributed by atoms with van der Waals surface area (Å²) in [4.78, 5) is 51.7. The maximum atomic E-state index is 14.2. The molecule has 0 aliphatic carbocycles. The minimum atomic E-state index is -0.461. The molecule has 254 valence electrons. The quantitative estimate of drug-likeness (QED) is 0.405. The standard InChI is InChI=1S/C35H46Br2N6O4/c1-39-15-17-40(18-16-39)27-7-13-42(14-8-27)34(45)26(19-24-20-29(36)33(47-2)30(37)21-24)22-32(44)41-11-9-28(10-12-41)43-23-25-5-3-4-6-31(25)38-35(43)46/h3-6,20-21,26-28H,7-19,22-23H2,1-2H3,(H,38,46)/t26-/m1/s1. The highest BCUT2D eigenvalue weighted by Gasteiger charge is 2.36. The Bertz CT molecular complexity index is 1430. The van der Waals surface area contributed by atoms with Gasteiger partial charge in [-0.3, -0.25) is 14.5 Å². The van der Waals surface area contributed by atoms with E-state index in [1.165, 1.54) is 0 Å². The molecule has 0 bridgehead atoms. The number of methoxy groups -OCH3 is 1. The zero-order valence-corrected chi connectivity index (χ0v) is 30.6. The zero-order valence-electron chi connectivity index (χ0n) is 27.4. The number of ether oxygens (including phenoxy) is 1. The number of benzene rings is 2. The minimum Gasteiger partial charge on any atom is -0.494 e. The normalized spacial score (nSPS) is 20.9. The van der Waals surface area contributed by atoms with Crippen molar-refractivity contribution in [2.75, 3.05) is 71.8 Å². The third kappa shape index (κ3) is 7.98. The molecular weight excluding hydrogens is 728 g/mol. The second-order valence-corrected chi connectivity index (χ2v) is 15.1. The number of hydrogen-bond donors (Lipinski definition) is 1. The van der Waals surface area contributed by atoms with Crippen LogP contribution in [0.3, 0.4) is 0 Å². The van der Waals surface area contributed by atoms with E-state index in [1.807, 2.05) is 51.1 Å². The van der Waals surface area contributed by atoms with E-state index in [0.29, 0.717) is 37.8 Å². The SMILES string of the molecule is COc1c(Br)cc(C[C@H](CC(=O)N2CCC(N3Cc4ccccc4NC3=O)CC2)C(=O)N2CCC(N3CCN(C)CC3)CC2)cc1Br. The molecule has 3 saturated heterocycles. The molecule has 3 fully saturated rings. The number of piperazine rings is 1. The molecule has 1 atom stereocenters. The Morgan fingerprint density at radius 3 is 2.17 bits per heavy atom. The Labute approximate surface area is 295 Å². The van der Waals surface area contributed by atoms with Gasteiger partial charge in [0, 0.05) is 83.1 Å². The molecule has 4 aliphatic rings. The fourth-order valence-electron chi connectivity index (χ4n) is 7.64. The van der Waals surface area contributed by atoms with Crippen LogP contribution in [0.4, 0.5) is 10.5 Å². The smallest absolute Gasteiger partial charge is 0.322 e. The number of para-hydroxylation sites is 1. The fourth-order valence-corrected chi connectivity index (χ4v) is 9.24. The van der Waals surface area contributed by atoms with Gasteiger partial charge in [-0.15, -0.1) is 0 Å². The number of carbonyl (C=O) groups excluding carboxylic acids is 3. The summed E-state index contributed by atoms with van der Waals surface area (Å²) in [6.45, 7) is 7.53. The molecule has 12 heteroatoms. The number of fused-ring (bicyclic) bond motifs is 1. The summed E-state index contributed by atoms with van der Waals surface area (Å²) in [7, 11) is 3.80. The number of anilines is 1. The topological polar surface area (TPSA) is 88.7 Å². The number of halogens is 2. The summed E-state index contributed by atoms with van der Waals surface area (Å²) in [5, 5.41) is 3.02. The molecule has 0 saturated carbocycles. The van der Waals surface area contributed by atoms with E-state index in [-0.39, 0.29) is 30.3 Å². The first-order valence-electron chi connectivity index (χ1n) is 16.9. The van der Waals surface area contributed by atoms with Crippen molar-refractivity contribution in [3.8, 4) is 5.75 Å². The molecule has 2 aromatic rings. The maximum Gasteiger partial charge on any atom is 0.322 e. The first kappa shape index (κ1) is 34.2. The lowest BCUT2D eigenvalue weighted by Gasteiger charge is -2.43. The van der Waals surface area contributed by atoms with Crippen molar-refractivity contribution in [2.45, 2.75) is 57.2 Å². The summed E-state index contributed by atoms with van der Waals surface area (Å²) >= 11 is 7.22. The minimum absolute atomic E-state index is 0.00852. The van der Waals surface area contributed by atoms with Crippen molar-refractivity contribution in [3.05, 3.63) is 56.5 Å². The van der Waals surface area contributed by atoms with Crippen LogP contribution in [0.1, 0.15) is 43.2 Å². The lowest BCUT2D eigenvalue weighted by molar-refractivity contribution is -0.143. The van der Waals surface area contributed by atoms with E-state index in [0.717, 1.165) is 90.7 Å². The summed E-state index contributed by atoms with van der Waals surface area (Å²) in [5.41, 5.74) is 2.95. The number of likely N-dealkylation sites (tertiary alicyclic amines) is 2. The third-order valence-electron chi connectivity index (χ3n) is 10.5. The average molecular weight is 775 g/mol. The molecule has 0 radical (unpaired) electrons. The predicted octanol–water partition coefficient (Wildman–Crippen LogP) is 5.05. The average Bonchev–Trinajstić information content (AvgIpc) is 3.08. The molecule has 47 heavy (non-hydrogen) atoms. The first-order valence-corrected chi connectivity index (χ1v) is 18.5. The molecule has 0 unspecified atom stereocenters. The van der Waals surface area contributed by atoms with Crippen molar-refractivity contribution in [1.82, 2.24) is 24.5 Å². The molecule has 4 amide bonds. The van der Waals surface area contributed by atoms with Crippen LogP contribution in [0, 0.1) is 5.92 Å². The first-order chi connectivity index (χ1) is 22.7. The third-order valence-corrected chi connectivity index (χ3v) is 11.6. The summed E-state index contributed by atoms with van der Waals surface area (Å²) in [6, 6.07) is 12.4. The van der Waals surface area contributed by atoms with Crippen LogP contribution < -0.4 is 10.1 Å². The molecule has 2 aromatic carbocycles. The van der Waals surface area contributed by atoms with E-state index < -0.39 is 5.92 Å². The number of urea groups is 1. The second-order valence-electron chi connectivity index (χ2n) is 13.4. The number of rotatable bonds is 8. The summed E-state index contributed by atoms with van der Waals surface area (Å²) in [5.74, 6) is 0.315. The van der Waals surface area contributed by atoms with Crippen molar-refractivity contribution < 1.29 is 19.1 Å². The van der Waals surface area contributed by atoms with E-state index >= 15 is 0 Å². The summed E-state index contributed by atoms with van der Waals surface area (Å²) < 4.78 is 7.11. The molecule has 10 nitrogen and oxygen atoms in total. The van der Waals surface area contributed by atoms with Crippen molar-refractivity contribution in [1.29, 1.82) is 0 Å². The van der Waals surface area contributed by atoms with Crippen molar-refractivity contribution in [3.63, 3.8) is 0 Å². The van der Waals surface area contributed by atoms with E-state index in [1.54, 1.807) is 7.11 Å². The molecule has 6 rings (SSSR count). The van der Waals surface area contributed by atoms with Crippen LogP contribution in [0.15, 0.2) is 45.3 Å². The highest BCUT2D eigenvalue weighted by molar-refractivity contribution is 9.11. The van der Waals surface area contributed by atoms with E-state index in [4.69, 9.17) is 4.74 Å². The predicted molar refractivity (Wildman–Crippen MR) is 189 cm³/mol. The van der Waals surface area contributed by atoms with Gasteiger partial charge in [0.15, 0.2) is 0 Å². The van der Waals surface area contributed by atoms with Crippen LogP contribution in [-0.2, 0) is 22.6 Å². The fraction of sp³-hybridized carbons (Fsp3) is 0.571. The van der Waals surface area contributed by atoms with Gasteiger partial charge in [-0.05, 0) is 100 Å². The molecule has 1 N–H and O–H groups in total. The van der Waals surface area contributed by atoms with Crippen LogP contribution in [0.2, 0.25) is 0 Å².